The fourth-order valence-electron chi connectivity index (χ4n) is 3.28. The lowest BCUT2D eigenvalue weighted by molar-refractivity contribution is 0.130. The molecular formula is C23H24N4O5. The first-order valence-electron chi connectivity index (χ1n) is 10.1. The number of aryl methyl sites for hydroxylation is 2. The van der Waals surface area contributed by atoms with Crippen LogP contribution in [0.15, 0.2) is 64.2 Å². The Labute approximate surface area is 184 Å². The smallest absolute Gasteiger partial charge is 0.332 e. The van der Waals surface area contributed by atoms with Crippen molar-refractivity contribution >= 4 is 11.2 Å². The summed E-state index contributed by atoms with van der Waals surface area (Å²) in [6.07, 6.45) is -0.370. The molecule has 0 N–H and O–H groups in total. The number of hydrogen-bond acceptors (Lipinski definition) is 6. The van der Waals surface area contributed by atoms with E-state index in [2.05, 4.69) is 4.98 Å². The van der Waals surface area contributed by atoms with Gasteiger partial charge in [0.1, 0.15) is 30.0 Å². The molecule has 4 aromatic rings. The Morgan fingerprint density at radius 2 is 1.56 bits per heavy atom. The van der Waals surface area contributed by atoms with Crippen LogP contribution in [0.5, 0.6) is 23.3 Å². The molecular weight excluding hydrogens is 412 g/mol. The van der Waals surface area contributed by atoms with Crippen LogP contribution in [0.2, 0.25) is 0 Å². The maximum Gasteiger partial charge on any atom is 0.332 e. The highest BCUT2D eigenvalue weighted by Crippen LogP contribution is 2.25. The van der Waals surface area contributed by atoms with Crippen LogP contribution in [-0.2, 0) is 21.1 Å². The van der Waals surface area contributed by atoms with Crippen molar-refractivity contribution < 1.29 is 14.2 Å². The van der Waals surface area contributed by atoms with E-state index in [1.807, 2.05) is 55.5 Å². The van der Waals surface area contributed by atoms with E-state index in [0.29, 0.717) is 17.0 Å². The van der Waals surface area contributed by atoms with Crippen LogP contribution in [0.4, 0.5) is 0 Å². The molecule has 0 bridgehead atoms. The predicted octanol–water partition coefficient (Wildman–Crippen LogP) is 2.61. The van der Waals surface area contributed by atoms with Gasteiger partial charge in [0.05, 0.1) is 0 Å². The van der Waals surface area contributed by atoms with E-state index in [1.54, 1.807) is 24.7 Å². The summed E-state index contributed by atoms with van der Waals surface area (Å²) < 4.78 is 21.5. The number of imidazole rings is 1. The molecule has 4 rings (SSSR count). The zero-order valence-corrected chi connectivity index (χ0v) is 18.3. The number of benzene rings is 2. The molecule has 0 spiro atoms. The van der Waals surface area contributed by atoms with Gasteiger partial charge in [-0.3, -0.25) is 18.5 Å². The van der Waals surface area contributed by atoms with Gasteiger partial charge in [0.2, 0.25) is 0 Å². The minimum atomic E-state index is -0.443. The lowest BCUT2D eigenvalue weighted by atomic mass is 10.3. The minimum Gasteiger partial charge on any atom is -0.490 e. The molecule has 2 heterocycles. The Morgan fingerprint density at radius 3 is 2.31 bits per heavy atom. The second-order valence-corrected chi connectivity index (χ2v) is 7.46. The average Bonchev–Trinajstić information content (AvgIpc) is 3.12. The zero-order chi connectivity index (χ0) is 22.8. The second kappa shape index (κ2) is 8.62. The van der Waals surface area contributed by atoms with E-state index >= 15 is 0 Å². The molecule has 1 atom stereocenters. The summed E-state index contributed by atoms with van der Waals surface area (Å²) in [6.45, 7) is 2.08. The third-order valence-corrected chi connectivity index (χ3v) is 5.01. The van der Waals surface area contributed by atoms with Crippen LogP contribution >= 0.6 is 0 Å². The second-order valence-electron chi connectivity index (χ2n) is 7.46. The Balaban J connectivity index is 1.46. The number of fused-ring (bicyclic) bond motifs is 1. The van der Waals surface area contributed by atoms with Crippen molar-refractivity contribution in [2.24, 2.45) is 21.1 Å². The van der Waals surface area contributed by atoms with Gasteiger partial charge in [0.25, 0.3) is 11.6 Å². The van der Waals surface area contributed by atoms with Crippen LogP contribution < -0.4 is 25.5 Å². The number of rotatable bonds is 7. The highest BCUT2D eigenvalue weighted by atomic mass is 16.5. The molecule has 9 nitrogen and oxygen atoms in total. The first-order chi connectivity index (χ1) is 15.3. The van der Waals surface area contributed by atoms with E-state index < -0.39 is 11.2 Å². The Bertz CT molecular complexity index is 1370. The Kier molecular flexibility index (Phi) is 5.72. The van der Waals surface area contributed by atoms with Crippen LogP contribution in [0.25, 0.3) is 11.2 Å². The molecule has 0 amide bonds. The van der Waals surface area contributed by atoms with Crippen molar-refractivity contribution in [3.05, 3.63) is 75.4 Å². The lowest BCUT2D eigenvalue weighted by Crippen LogP contribution is -2.37. The SMILES string of the molecule is CC(COc1cccc(Oc2ccccc2)c1)Oc1nc2c(c(=O)n(C)c(=O)n2C)n1C. The summed E-state index contributed by atoms with van der Waals surface area (Å²) in [6, 6.07) is 17.1. The zero-order valence-electron chi connectivity index (χ0n) is 18.3. The maximum absolute atomic E-state index is 12.5. The molecule has 1 unspecified atom stereocenters. The number of aromatic nitrogens is 4. The van der Waals surface area contributed by atoms with Crippen molar-refractivity contribution in [3.63, 3.8) is 0 Å². The standard InChI is InChI=1S/C23H24N4O5/c1-15(14-30-17-11-8-12-18(13-17)32-16-9-6-5-7-10-16)31-22-24-20-19(25(22)2)21(28)27(4)23(29)26(20)3/h5-13,15H,14H2,1-4H3. The molecule has 166 valence electrons. The Morgan fingerprint density at radius 1 is 0.875 bits per heavy atom. The monoisotopic (exact) mass is 436 g/mol. The van der Waals surface area contributed by atoms with Crippen molar-refractivity contribution in [3.8, 4) is 23.3 Å². The first-order valence-corrected chi connectivity index (χ1v) is 10.1. The van der Waals surface area contributed by atoms with Gasteiger partial charge in [0.15, 0.2) is 11.2 Å². The molecule has 0 aliphatic carbocycles. The summed E-state index contributed by atoms with van der Waals surface area (Å²) in [5.74, 6) is 2.04. The highest BCUT2D eigenvalue weighted by molar-refractivity contribution is 5.71. The van der Waals surface area contributed by atoms with Crippen LogP contribution in [0.3, 0.4) is 0 Å². The van der Waals surface area contributed by atoms with Crippen LogP contribution in [0.1, 0.15) is 6.92 Å². The third-order valence-electron chi connectivity index (χ3n) is 5.01. The molecule has 2 aromatic heterocycles. The quantitative estimate of drug-likeness (QED) is 0.442. The van der Waals surface area contributed by atoms with E-state index in [0.717, 1.165) is 10.3 Å². The fourth-order valence-corrected chi connectivity index (χ4v) is 3.28. The van der Waals surface area contributed by atoms with Crippen LogP contribution in [0, 0.1) is 0 Å². The molecule has 0 saturated carbocycles. The topological polar surface area (TPSA) is 89.5 Å². The minimum absolute atomic E-state index is 0.232. The summed E-state index contributed by atoms with van der Waals surface area (Å²) in [7, 11) is 4.68. The molecule has 0 aliphatic heterocycles. The van der Waals surface area contributed by atoms with Crippen molar-refractivity contribution in [1.82, 2.24) is 18.7 Å². The first kappa shape index (κ1) is 21.2. The molecule has 32 heavy (non-hydrogen) atoms. The number of para-hydroxylation sites is 1. The fraction of sp³-hybridized carbons (Fsp3) is 0.261. The molecule has 9 heteroatoms. The summed E-state index contributed by atoms with van der Waals surface area (Å²) >= 11 is 0. The van der Waals surface area contributed by atoms with Crippen molar-refractivity contribution in [2.75, 3.05) is 6.61 Å². The molecule has 0 aliphatic rings. The van der Waals surface area contributed by atoms with Crippen molar-refractivity contribution in [1.29, 1.82) is 0 Å². The van der Waals surface area contributed by atoms with Gasteiger partial charge in [-0.1, -0.05) is 24.3 Å². The van der Waals surface area contributed by atoms with E-state index in [4.69, 9.17) is 14.2 Å². The van der Waals surface area contributed by atoms with E-state index in [1.165, 1.54) is 11.6 Å². The van der Waals surface area contributed by atoms with Gasteiger partial charge in [0, 0.05) is 27.2 Å². The molecule has 2 aromatic carbocycles. The summed E-state index contributed by atoms with van der Waals surface area (Å²) in [5, 5.41) is 0. The highest BCUT2D eigenvalue weighted by Gasteiger charge is 2.19. The third kappa shape index (κ3) is 4.09. The van der Waals surface area contributed by atoms with Gasteiger partial charge in [-0.2, -0.15) is 4.98 Å². The van der Waals surface area contributed by atoms with Gasteiger partial charge in [-0.15, -0.1) is 0 Å². The summed E-state index contributed by atoms with van der Waals surface area (Å²) in [4.78, 5) is 29.0. The van der Waals surface area contributed by atoms with Crippen molar-refractivity contribution in [2.45, 2.75) is 13.0 Å². The van der Waals surface area contributed by atoms with E-state index in [9.17, 15) is 9.59 Å². The van der Waals surface area contributed by atoms with Gasteiger partial charge < -0.3 is 14.2 Å². The number of ether oxygens (including phenoxy) is 3. The molecule has 0 radical (unpaired) electrons. The van der Waals surface area contributed by atoms with Gasteiger partial charge >= 0.3 is 5.69 Å². The predicted molar refractivity (Wildman–Crippen MR) is 120 cm³/mol. The van der Waals surface area contributed by atoms with Gasteiger partial charge in [-0.25, -0.2) is 4.79 Å². The molecule has 0 fully saturated rings. The lowest BCUT2D eigenvalue weighted by Gasteiger charge is -2.15. The van der Waals surface area contributed by atoms with Crippen LogP contribution in [-0.4, -0.2) is 31.4 Å². The Hall–Kier alpha value is -4.01. The molecule has 0 saturated heterocycles. The van der Waals surface area contributed by atoms with E-state index in [-0.39, 0.29) is 24.4 Å². The number of hydrogen-bond donors (Lipinski definition) is 0. The largest absolute Gasteiger partial charge is 0.490 e. The normalized spacial score (nSPS) is 12.0. The average molecular weight is 436 g/mol. The summed E-state index contributed by atoms with van der Waals surface area (Å²) in [5.41, 5.74) is -0.300. The maximum atomic E-state index is 12.5. The van der Waals surface area contributed by atoms with Gasteiger partial charge in [-0.05, 0) is 31.2 Å². The number of nitrogens with zero attached hydrogens (tertiary/aromatic N) is 4.